The molecule has 3 nitrogen and oxygen atoms in total. The number of rotatable bonds is 4. The molecule has 1 aromatic rings. The molecule has 18 heavy (non-hydrogen) atoms. The normalized spacial score (nSPS) is 11.1. The Morgan fingerprint density at radius 2 is 1.89 bits per heavy atom. The molecule has 0 atom stereocenters. The van der Waals surface area contributed by atoms with Crippen molar-refractivity contribution in [1.29, 1.82) is 0 Å². The maximum absolute atomic E-state index is 12.7. The van der Waals surface area contributed by atoms with E-state index in [0.29, 0.717) is 6.61 Å². The first-order chi connectivity index (χ1) is 8.37. The van der Waals surface area contributed by atoms with Crippen LogP contribution in [0.5, 0.6) is 0 Å². The molecule has 0 aliphatic heterocycles. The molecule has 1 rings (SSSR count). The summed E-state index contributed by atoms with van der Waals surface area (Å²) in [4.78, 5) is 11.3. The molecule has 0 saturated carbocycles. The molecule has 0 fully saturated rings. The molecule has 0 aliphatic rings. The lowest BCUT2D eigenvalue weighted by Crippen LogP contribution is -2.41. The largest absolute Gasteiger partial charge is 0.450 e. The number of ether oxygens (including phenoxy) is 1. The average molecular weight is 253 g/mol. The molecule has 1 aromatic carbocycles. The molecule has 0 saturated heterocycles. The summed E-state index contributed by atoms with van der Waals surface area (Å²) in [6.45, 7) is 6.05. The van der Waals surface area contributed by atoms with Crippen molar-refractivity contribution in [2.24, 2.45) is 0 Å². The Hall–Kier alpha value is -1.58. The molecule has 4 heteroatoms. The number of carbonyl (C=O) groups is 1. The van der Waals surface area contributed by atoms with E-state index in [1.165, 1.54) is 12.1 Å². The summed E-state index contributed by atoms with van der Waals surface area (Å²) in [6.07, 6.45) is 1.09. The van der Waals surface area contributed by atoms with Gasteiger partial charge in [-0.15, -0.1) is 0 Å². The number of alkyl carbamates (subject to hydrolysis) is 1. The number of halogens is 1. The first-order valence-corrected chi connectivity index (χ1v) is 6.06. The van der Waals surface area contributed by atoms with Gasteiger partial charge in [0.1, 0.15) is 5.82 Å². The fourth-order valence-corrected chi connectivity index (χ4v) is 1.43. The van der Waals surface area contributed by atoms with E-state index in [9.17, 15) is 9.18 Å². The van der Waals surface area contributed by atoms with Crippen molar-refractivity contribution >= 4 is 6.09 Å². The van der Waals surface area contributed by atoms with E-state index in [1.54, 1.807) is 12.1 Å². The van der Waals surface area contributed by atoms with E-state index in [2.05, 4.69) is 5.32 Å². The predicted octanol–water partition coefficient (Wildman–Crippen LogP) is 3.28. The van der Waals surface area contributed by atoms with Crippen molar-refractivity contribution in [2.45, 2.75) is 39.2 Å². The number of aryl methyl sites for hydroxylation is 1. The summed E-state index contributed by atoms with van der Waals surface area (Å²) in [6, 6.07) is 6.35. The summed E-state index contributed by atoms with van der Waals surface area (Å²) < 4.78 is 17.7. The van der Waals surface area contributed by atoms with Crippen LogP contribution in [0.4, 0.5) is 9.18 Å². The van der Waals surface area contributed by atoms with E-state index >= 15 is 0 Å². The number of carbonyl (C=O) groups excluding carboxylic acids is 1. The van der Waals surface area contributed by atoms with Gasteiger partial charge in [0.25, 0.3) is 0 Å². The van der Waals surface area contributed by atoms with Gasteiger partial charge in [0.05, 0.1) is 6.61 Å². The van der Waals surface area contributed by atoms with Crippen LogP contribution in [0.2, 0.25) is 0 Å². The van der Waals surface area contributed by atoms with Crippen LogP contribution in [0.1, 0.15) is 32.8 Å². The van der Waals surface area contributed by atoms with E-state index in [4.69, 9.17) is 4.74 Å². The molecule has 0 aromatic heterocycles. The highest BCUT2D eigenvalue weighted by Gasteiger charge is 2.13. The van der Waals surface area contributed by atoms with Gasteiger partial charge in [0.2, 0.25) is 0 Å². The maximum atomic E-state index is 12.7. The fourth-order valence-electron chi connectivity index (χ4n) is 1.43. The van der Waals surface area contributed by atoms with Crippen LogP contribution in [-0.4, -0.2) is 18.2 Å². The zero-order chi connectivity index (χ0) is 13.6. The van der Waals surface area contributed by atoms with Gasteiger partial charge < -0.3 is 10.1 Å². The van der Waals surface area contributed by atoms with Gasteiger partial charge in [-0.2, -0.15) is 0 Å². The van der Waals surface area contributed by atoms with Gasteiger partial charge in [0, 0.05) is 5.54 Å². The lowest BCUT2D eigenvalue weighted by molar-refractivity contribution is 0.136. The first kappa shape index (κ1) is 14.5. The van der Waals surface area contributed by atoms with E-state index < -0.39 is 6.09 Å². The lowest BCUT2D eigenvalue weighted by atomic mass is 10.1. The molecule has 100 valence electrons. The topological polar surface area (TPSA) is 38.3 Å². The Balaban J connectivity index is 2.19. The van der Waals surface area contributed by atoms with Gasteiger partial charge in [-0.05, 0) is 51.3 Å². The molecule has 0 bridgehead atoms. The highest BCUT2D eigenvalue weighted by molar-refractivity contribution is 5.67. The van der Waals surface area contributed by atoms with Gasteiger partial charge in [-0.3, -0.25) is 0 Å². The molecule has 0 spiro atoms. The average Bonchev–Trinajstić information content (AvgIpc) is 2.24. The lowest BCUT2D eigenvalue weighted by Gasteiger charge is -2.19. The number of hydrogen-bond donors (Lipinski definition) is 1. The van der Waals surface area contributed by atoms with Crippen molar-refractivity contribution in [3.8, 4) is 0 Å². The molecule has 0 unspecified atom stereocenters. The third kappa shape index (κ3) is 6.23. The summed E-state index contributed by atoms with van der Waals surface area (Å²) in [5.74, 6) is -0.237. The zero-order valence-electron chi connectivity index (χ0n) is 11.1. The Morgan fingerprint density at radius 1 is 1.28 bits per heavy atom. The first-order valence-electron chi connectivity index (χ1n) is 6.06. The van der Waals surface area contributed by atoms with Crippen LogP contribution >= 0.6 is 0 Å². The summed E-state index contributed by atoms with van der Waals surface area (Å²) in [5.41, 5.74) is 0.754. The van der Waals surface area contributed by atoms with Crippen LogP contribution in [0, 0.1) is 5.82 Å². The van der Waals surface area contributed by atoms with E-state index in [1.807, 2.05) is 20.8 Å². The quantitative estimate of drug-likeness (QED) is 0.836. The standard InChI is InChI=1S/C14H20FNO2/c1-14(2,3)16-13(17)18-10-4-5-11-6-8-12(15)9-7-11/h6-9H,4-5,10H2,1-3H3,(H,16,17). The number of benzene rings is 1. The Kier molecular flexibility index (Phi) is 5.13. The Morgan fingerprint density at radius 3 is 2.44 bits per heavy atom. The summed E-state index contributed by atoms with van der Waals surface area (Å²) in [5, 5.41) is 2.71. The highest BCUT2D eigenvalue weighted by atomic mass is 19.1. The molecular weight excluding hydrogens is 233 g/mol. The van der Waals surface area contributed by atoms with Crippen LogP contribution in [0.3, 0.4) is 0 Å². The van der Waals surface area contributed by atoms with Gasteiger partial charge >= 0.3 is 6.09 Å². The highest BCUT2D eigenvalue weighted by Crippen LogP contribution is 2.06. The zero-order valence-corrected chi connectivity index (χ0v) is 11.1. The summed E-state index contributed by atoms with van der Waals surface area (Å²) in [7, 11) is 0. The van der Waals surface area contributed by atoms with Crippen LogP contribution < -0.4 is 5.32 Å². The fraction of sp³-hybridized carbons (Fsp3) is 0.500. The van der Waals surface area contributed by atoms with Crippen LogP contribution in [-0.2, 0) is 11.2 Å². The van der Waals surface area contributed by atoms with Gasteiger partial charge in [-0.1, -0.05) is 12.1 Å². The second-order valence-electron chi connectivity index (χ2n) is 5.24. The monoisotopic (exact) mass is 253 g/mol. The van der Waals surface area contributed by atoms with Gasteiger partial charge in [-0.25, -0.2) is 9.18 Å². The Bertz CT molecular complexity index is 382. The SMILES string of the molecule is CC(C)(C)NC(=O)OCCCc1ccc(F)cc1. The second kappa shape index (κ2) is 6.38. The van der Waals surface area contributed by atoms with Crippen molar-refractivity contribution in [3.05, 3.63) is 35.6 Å². The number of nitrogens with one attached hydrogen (secondary N) is 1. The number of hydrogen-bond acceptors (Lipinski definition) is 2. The predicted molar refractivity (Wildman–Crippen MR) is 69.0 cm³/mol. The molecule has 1 amide bonds. The number of amides is 1. The molecule has 1 N–H and O–H groups in total. The molecule has 0 radical (unpaired) electrons. The third-order valence-electron chi connectivity index (χ3n) is 2.23. The minimum Gasteiger partial charge on any atom is -0.450 e. The van der Waals surface area contributed by atoms with Crippen molar-refractivity contribution in [2.75, 3.05) is 6.61 Å². The smallest absolute Gasteiger partial charge is 0.407 e. The Labute approximate surface area is 107 Å². The van der Waals surface area contributed by atoms with E-state index in [-0.39, 0.29) is 11.4 Å². The van der Waals surface area contributed by atoms with Crippen molar-refractivity contribution in [3.63, 3.8) is 0 Å². The molecule has 0 heterocycles. The van der Waals surface area contributed by atoms with E-state index in [0.717, 1.165) is 18.4 Å². The van der Waals surface area contributed by atoms with Crippen molar-refractivity contribution < 1.29 is 13.9 Å². The van der Waals surface area contributed by atoms with Crippen LogP contribution in [0.25, 0.3) is 0 Å². The minimum absolute atomic E-state index is 0.237. The van der Waals surface area contributed by atoms with Crippen molar-refractivity contribution in [1.82, 2.24) is 5.32 Å². The molecule has 0 aliphatic carbocycles. The molecular formula is C14H20FNO2. The van der Waals surface area contributed by atoms with Gasteiger partial charge in [0.15, 0.2) is 0 Å². The maximum Gasteiger partial charge on any atom is 0.407 e. The minimum atomic E-state index is -0.401. The summed E-state index contributed by atoms with van der Waals surface area (Å²) >= 11 is 0. The third-order valence-corrected chi connectivity index (χ3v) is 2.23. The van der Waals surface area contributed by atoms with Crippen LogP contribution in [0.15, 0.2) is 24.3 Å². The second-order valence-corrected chi connectivity index (χ2v) is 5.24.